The second-order valence-corrected chi connectivity index (χ2v) is 5.99. The molecule has 1 aromatic carbocycles. The zero-order chi connectivity index (χ0) is 14.5. The summed E-state index contributed by atoms with van der Waals surface area (Å²) in [6.07, 6.45) is 10.2. The first-order valence-electron chi connectivity index (χ1n) is 8.17. The van der Waals surface area contributed by atoms with E-state index < -0.39 is 0 Å². The largest absolute Gasteiger partial charge is 0.333 e. The Bertz CT molecular complexity index is 586. The average molecular weight is 283 g/mol. The molecule has 3 nitrogen and oxygen atoms in total. The smallest absolute Gasteiger partial charge is 0.0952 e. The lowest BCUT2D eigenvalue weighted by Gasteiger charge is -2.05. The molecular weight excluding hydrogens is 258 g/mol. The maximum atomic E-state index is 4.51. The van der Waals surface area contributed by atoms with Crippen LogP contribution >= 0.6 is 0 Å². The molecule has 0 atom stereocenters. The van der Waals surface area contributed by atoms with Crippen LogP contribution in [0.1, 0.15) is 42.1 Å². The van der Waals surface area contributed by atoms with E-state index in [0.717, 1.165) is 26.1 Å². The number of hydrogen-bond donors (Lipinski definition) is 1. The Hall–Kier alpha value is -1.61. The number of benzene rings is 1. The summed E-state index contributed by atoms with van der Waals surface area (Å²) >= 11 is 0. The highest BCUT2D eigenvalue weighted by atomic mass is 15.0. The SMILES string of the molecule is CCCNCCc1cn(Cc2ccc3c(c2)CCC3)cn1. The molecular formula is C18H25N3. The minimum Gasteiger partial charge on any atom is -0.333 e. The van der Waals surface area contributed by atoms with E-state index in [1.807, 2.05) is 6.33 Å². The van der Waals surface area contributed by atoms with Crippen molar-refractivity contribution in [1.29, 1.82) is 0 Å². The Morgan fingerprint density at radius 2 is 2.10 bits per heavy atom. The van der Waals surface area contributed by atoms with E-state index in [4.69, 9.17) is 0 Å². The molecule has 0 saturated heterocycles. The fraction of sp³-hybridized carbons (Fsp3) is 0.500. The average Bonchev–Trinajstić information content (AvgIpc) is 3.12. The maximum absolute atomic E-state index is 4.51. The summed E-state index contributed by atoms with van der Waals surface area (Å²) in [6, 6.07) is 6.96. The lowest BCUT2D eigenvalue weighted by atomic mass is 10.1. The van der Waals surface area contributed by atoms with Crippen molar-refractivity contribution in [3.63, 3.8) is 0 Å². The van der Waals surface area contributed by atoms with Crippen LogP contribution < -0.4 is 5.32 Å². The Balaban J connectivity index is 1.57. The van der Waals surface area contributed by atoms with E-state index in [9.17, 15) is 0 Å². The molecule has 0 aliphatic heterocycles. The van der Waals surface area contributed by atoms with E-state index in [1.165, 1.54) is 36.9 Å². The molecule has 21 heavy (non-hydrogen) atoms. The first-order valence-corrected chi connectivity index (χ1v) is 8.17. The van der Waals surface area contributed by atoms with Gasteiger partial charge in [-0.3, -0.25) is 0 Å². The van der Waals surface area contributed by atoms with Gasteiger partial charge >= 0.3 is 0 Å². The van der Waals surface area contributed by atoms with E-state index in [0.29, 0.717) is 0 Å². The summed E-state index contributed by atoms with van der Waals surface area (Å²) in [5.74, 6) is 0. The molecule has 3 rings (SSSR count). The van der Waals surface area contributed by atoms with Crippen LogP contribution in [0.5, 0.6) is 0 Å². The molecule has 1 N–H and O–H groups in total. The second-order valence-electron chi connectivity index (χ2n) is 5.99. The lowest BCUT2D eigenvalue weighted by Crippen LogP contribution is -2.17. The summed E-state index contributed by atoms with van der Waals surface area (Å²) < 4.78 is 2.20. The van der Waals surface area contributed by atoms with Crippen molar-refractivity contribution in [3.8, 4) is 0 Å². The summed E-state index contributed by atoms with van der Waals surface area (Å²) in [5.41, 5.74) is 5.67. The van der Waals surface area contributed by atoms with Crippen molar-refractivity contribution in [1.82, 2.24) is 14.9 Å². The topological polar surface area (TPSA) is 29.9 Å². The molecule has 0 bridgehead atoms. The normalized spacial score (nSPS) is 13.6. The Morgan fingerprint density at radius 1 is 1.19 bits per heavy atom. The van der Waals surface area contributed by atoms with Gasteiger partial charge in [0.2, 0.25) is 0 Å². The maximum Gasteiger partial charge on any atom is 0.0952 e. The first-order chi connectivity index (χ1) is 10.3. The third kappa shape index (κ3) is 3.73. The predicted molar refractivity (Wildman–Crippen MR) is 86.7 cm³/mol. The quantitative estimate of drug-likeness (QED) is 0.792. The van der Waals surface area contributed by atoms with Crippen molar-refractivity contribution in [2.75, 3.05) is 13.1 Å². The number of imidazole rings is 1. The van der Waals surface area contributed by atoms with Crippen LogP contribution in [0.25, 0.3) is 0 Å². The minimum absolute atomic E-state index is 0.933. The Morgan fingerprint density at radius 3 is 3.00 bits per heavy atom. The molecule has 1 aliphatic rings. The Kier molecular flexibility index (Phi) is 4.71. The molecule has 0 radical (unpaired) electrons. The summed E-state index contributed by atoms with van der Waals surface area (Å²) in [4.78, 5) is 4.51. The highest BCUT2D eigenvalue weighted by Crippen LogP contribution is 2.23. The fourth-order valence-electron chi connectivity index (χ4n) is 3.07. The van der Waals surface area contributed by atoms with Gasteiger partial charge in [-0.25, -0.2) is 4.98 Å². The summed E-state index contributed by atoms with van der Waals surface area (Å²) in [5, 5.41) is 3.42. The van der Waals surface area contributed by atoms with E-state index >= 15 is 0 Å². The predicted octanol–water partition coefficient (Wildman–Crippen LogP) is 2.96. The molecule has 1 aliphatic carbocycles. The van der Waals surface area contributed by atoms with Gasteiger partial charge in [-0.1, -0.05) is 25.1 Å². The monoisotopic (exact) mass is 283 g/mol. The molecule has 1 aromatic heterocycles. The standard InChI is InChI=1S/C18H25N3/c1-2-9-19-10-8-18-13-21(14-20-18)12-15-6-7-16-4-3-5-17(16)11-15/h6-7,11,13-14,19H,2-5,8-10,12H2,1H3. The zero-order valence-electron chi connectivity index (χ0n) is 12.9. The van der Waals surface area contributed by atoms with Crippen molar-refractivity contribution in [2.45, 2.75) is 45.6 Å². The molecule has 2 aromatic rings. The van der Waals surface area contributed by atoms with E-state index in [2.05, 4.69) is 46.2 Å². The van der Waals surface area contributed by atoms with Gasteiger partial charge in [0.1, 0.15) is 0 Å². The summed E-state index contributed by atoms with van der Waals surface area (Å²) in [7, 11) is 0. The number of nitrogens with zero attached hydrogens (tertiary/aromatic N) is 2. The molecule has 0 spiro atoms. The van der Waals surface area contributed by atoms with Crippen molar-refractivity contribution >= 4 is 0 Å². The van der Waals surface area contributed by atoms with Crippen molar-refractivity contribution < 1.29 is 0 Å². The van der Waals surface area contributed by atoms with Crippen LogP contribution in [0.4, 0.5) is 0 Å². The van der Waals surface area contributed by atoms with Crippen LogP contribution in [0.15, 0.2) is 30.7 Å². The van der Waals surface area contributed by atoms with E-state index in [1.54, 1.807) is 11.1 Å². The van der Waals surface area contributed by atoms with Crippen LogP contribution in [0, 0.1) is 0 Å². The van der Waals surface area contributed by atoms with Gasteiger partial charge in [0.25, 0.3) is 0 Å². The molecule has 0 amide bonds. The van der Waals surface area contributed by atoms with Gasteiger partial charge in [0, 0.05) is 25.7 Å². The van der Waals surface area contributed by atoms with Crippen LogP contribution in [0.3, 0.4) is 0 Å². The van der Waals surface area contributed by atoms with Crippen LogP contribution in [-0.4, -0.2) is 22.6 Å². The lowest BCUT2D eigenvalue weighted by molar-refractivity contribution is 0.666. The first kappa shape index (κ1) is 14.3. The number of fused-ring (bicyclic) bond motifs is 1. The highest BCUT2D eigenvalue weighted by molar-refractivity contribution is 5.35. The number of hydrogen-bond acceptors (Lipinski definition) is 2. The van der Waals surface area contributed by atoms with Gasteiger partial charge < -0.3 is 9.88 Å². The summed E-state index contributed by atoms with van der Waals surface area (Å²) in [6.45, 7) is 5.24. The molecule has 0 saturated carbocycles. The number of aromatic nitrogens is 2. The minimum atomic E-state index is 0.933. The van der Waals surface area contributed by atoms with Gasteiger partial charge in [-0.15, -0.1) is 0 Å². The van der Waals surface area contributed by atoms with Crippen LogP contribution in [0.2, 0.25) is 0 Å². The number of aryl methyl sites for hydroxylation is 2. The van der Waals surface area contributed by atoms with Gasteiger partial charge in [0.05, 0.1) is 12.0 Å². The molecule has 0 fully saturated rings. The van der Waals surface area contributed by atoms with E-state index in [-0.39, 0.29) is 0 Å². The molecule has 112 valence electrons. The third-order valence-electron chi connectivity index (χ3n) is 4.20. The molecule has 0 unspecified atom stereocenters. The number of nitrogens with one attached hydrogen (secondary N) is 1. The third-order valence-corrected chi connectivity index (χ3v) is 4.20. The van der Waals surface area contributed by atoms with Gasteiger partial charge in [-0.05, 0) is 48.9 Å². The zero-order valence-corrected chi connectivity index (χ0v) is 12.9. The highest BCUT2D eigenvalue weighted by Gasteiger charge is 2.10. The van der Waals surface area contributed by atoms with Crippen molar-refractivity contribution in [2.24, 2.45) is 0 Å². The molecule has 3 heteroatoms. The number of rotatable bonds is 7. The second kappa shape index (κ2) is 6.90. The van der Waals surface area contributed by atoms with Gasteiger partial charge in [-0.2, -0.15) is 0 Å². The van der Waals surface area contributed by atoms with Gasteiger partial charge in [0.15, 0.2) is 0 Å². The Labute approximate surface area is 127 Å². The fourth-order valence-corrected chi connectivity index (χ4v) is 3.07. The van der Waals surface area contributed by atoms with Crippen LogP contribution in [-0.2, 0) is 25.8 Å². The molecule has 1 heterocycles. The van der Waals surface area contributed by atoms with Crippen molar-refractivity contribution in [3.05, 3.63) is 53.1 Å².